The third kappa shape index (κ3) is 5.37. The van der Waals surface area contributed by atoms with Crippen LogP contribution >= 0.6 is 0 Å². The van der Waals surface area contributed by atoms with Gasteiger partial charge in [0.25, 0.3) is 0 Å². The largest absolute Gasteiger partial charge is 0.467 e. The Labute approximate surface area is 130 Å². The highest BCUT2D eigenvalue weighted by Gasteiger charge is 2.32. The van der Waals surface area contributed by atoms with E-state index < -0.39 is 29.8 Å². The zero-order valence-corrected chi connectivity index (χ0v) is 13.5. The van der Waals surface area contributed by atoms with Crippen molar-refractivity contribution >= 4 is 12.1 Å². The van der Waals surface area contributed by atoms with Gasteiger partial charge in [-0.1, -0.05) is 29.8 Å². The van der Waals surface area contributed by atoms with Crippen LogP contribution < -0.4 is 5.32 Å². The molecule has 0 saturated carbocycles. The van der Waals surface area contributed by atoms with Crippen molar-refractivity contribution in [3.8, 4) is 0 Å². The molecule has 0 heterocycles. The van der Waals surface area contributed by atoms with Crippen molar-refractivity contribution in [1.82, 2.24) is 5.32 Å². The quantitative estimate of drug-likeness (QED) is 0.832. The molecule has 0 saturated heterocycles. The highest BCUT2D eigenvalue weighted by molar-refractivity contribution is 5.82. The van der Waals surface area contributed by atoms with E-state index in [0.29, 0.717) is 5.56 Å². The van der Waals surface area contributed by atoms with E-state index in [9.17, 15) is 14.7 Å². The third-order valence-electron chi connectivity index (χ3n) is 2.83. The maximum absolute atomic E-state index is 11.9. The summed E-state index contributed by atoms with van der Waals surface area (Å²) >= 11 is 0. The first-order chi connectivity index (χ1) is 10.1. The van der Waals surface area contributed by atoms with E-state index >= 15 is 0 Å². The van der Waals surface area contributed by atoms with Gasteiger partial charge < -0.3 is 19.9 Å². The molecule has 6 heteroatoms. The van der Waals surface area contributed by atoms with Crippen LogP contribution in [0.2, 0.25) is 0 Å². The van der Waals surface area contributed by atoms with Crippen molar-refractivity contribution in [2.75, 3.05) is 7.11 Å². The molecular weight excluding hydrogens is 286 g/mol. The van der Waals surface area contributed by atoms with E-state index in [1.54, 1.807) is 39.0 Å². The van der Waals surface area contributed by atoms with Crippen LogP contribution in [0.15, 0.2) is 24.3 Å². The highest BCUT2D eigenvalue weighted by Crippen LogP contribution is 2.19. The summed E-state index contributed by atoms with van der Waals surface area (Å²) in [6.45, 7) is 6.98. The molecular formula is C16H23NO5. The Bertz CT molecular complexity index is 536. The first kappa shape index (κ1) is 18.0. The van der Waals surface area contributed by atoms with E-state index in [-0.39, 0.29) is 0 Å². The second-order valence-electron chi connectivity index (χ2n) is 6.01. The summed E-state index contributed by atoms with van der Waals surface area (Å²) in [5.41, 5.74) is 0.725. The molecule has 1 aromatic carbocycles. The first-order valence-electron chi connectivity index (χ1n) is 6.96. The number of alkyl carbamates (subject to hydrolysis) is 1. The summed E-state index contributed by atoms with van der Waals surface area (Å²) in [6, 6.07) is 5.78. The predicted molar refractivity (Wildman–Crippen MR) is 81.3 cm³/mol. The van der Waals surface area contributed by atoms with Crippen LogP contribution in [0.1, 0.15) is 38.0 Å². The number of carbonyl (C=O) groups excluding carboxylic acids is 2. The van der Waals surface area contributed by atoms with E-state index in [1.807, 2.05) is 13.0 Å². The molecule has 0 unspecified atom stereocenters. The number of aliphatic hydroxyl groups is 1. The van der Waals surface area contributed by atoms with Crippen LogP contribution in [-0.4, -0.2) is 35.9 Å². The average Bonchev–Trinajstić information content (AvgIpc) is 2.41. The van der Waals surface area contributed by atoms with Gasteiger partial charge in [0.15, 0.2) is 6.04 Å². The fraction of sp³-hybridized carbons (Fsp3) is 0.500. The lowest BCUT2D eigenvalue weighted by molar-refractivity contribution is -0.146. The van der Waals surface area contributed by atoms with Crippen LogP contribution in [0.3, 0.4) is 0 Å². The van der Waals surface area contributed by atoms with Crippen LogP contribution in [0.4, 0.5) is 4.79 Å². The molecule has 0 radical (unpaired) electrons. The number of amides is 1. The molecule has 122 valence electrons. The van der Waals surface area contributed by atoms with E-state index in [0.717, 1.165) is 5.56 Å². The lowest BCUT2D eigenvalue weighted by Gasteiger charge is -2.25. The Kier molecular flexibility index (Phi) is 5.93. The number of aliphatic hydroxyl groups excluding tert-OH is 1. The summed E-state index contributed by atoms with van der Waals surface area (Å²) in [4.78, 5) is 23.7. The minimum Gasteiger partial charge on any atom is -0.467 e. The number of hydrogen-bond donors (Lipinski definition) is 2. The summed E-state index contributed by atoms with van der Waals surface area (Å²) in [6.07, 6.45) is -2.03. The van der Waals surface area contributed by atoms with Gasteiger partial charge in [-0.15, -0.1) is 0 Å². The number of rotatable bonds is 4. The molecule has 0 aliphatic heterocycles. The number of aryl methyl sites for hydroxylation is 1. The van der Waals surface area contributed by atoms with Gasteiger partial charge in [0.05, 0.1) is 7.11 Å². The summed E-state index contributed by atoms with van der Waals surface area (Å²) in [7, 11) is 1.19. The number of carbonyl (C=O) groups is 2. The third-order valence-corrected chi connectivity index (χ3v) is 2.83. The summed E-state index contributed by atoms with van der Waals surface area (Å²) < 4.78 is 9.75. The Balaban J connectivity index is 2.93. The van der Waals surface area contributed by atoms with Crippen LogP contribution in [0.5, 0.6) is 0 Å². The number of hydrogen-bond acceptors (Lipinski definition) is 5. The molecule has 1 rings (SSSR count). The minimum absolute atomic E-state index is 0.506. The van der Waals surface area contributed by atoms with Gasteiger partial charge in [-0.25, -0.2) is 9.59 Å². The maximum atomic E-state index is 11.9. The molecule has 2 N–H and O–H groups in total. The Hall–Kier alpha value is -2.08. The molecule has 2 atom stereocenters. The van der Waals surface area contributed by atoms with Gasteiger partial charge in [0.1, 0.15) is 11.7 Å². The van der Waals surface area contributed by atoms with Crippen molar-refractivity contribution in [2.24, 2.45) is 0 Å². The molecule has 0 spiro atoms. The first-order valence-corrected chi connectivity index (χ1v) is 6.96. The standard InChI is InChI=1S/C16H23NO5/c1-10-7-6-8-11(9-10)13(18)12(14(19)21-5)17-15(20)22-16(2,3)4/h6-9,12-13,18H,1-5H3,(H,17,20)/t12-,13-/m0/s1. The van der Waals surface area contributed by atoms with Crippen molar-refractivity contribution in [3.63, 3.8) is 0 Å². The molecule has 0 aromatic heterocycles. The van der Waals surface area contributed by atoms with Gasteiger partial charge in [0, 0.05) is 0 Å². The molecule has 0 aliphatic rings. The monoisotopic (exact) mass is 309 g/mol. The van der Waals surface area contributed by atoms with Gasteiger partial charge in [-0.05, 0) is 33.3 Å². The van der Waals surface area contributed by atoms with Gasteiger partial charge in [-0.3, -0.25) is 0 Å². The molecule has 0 bridgehead atoms. The number of ether oxygens (including phenoxy) is 2. The average molecular weight is 309 g/mol. The molecule has 1 aromatic rings. The Morgan fingerprint density at radius 2 is 1.91 bits per heavy atom. The minimum atomic E-state index is -1.25. The smallest absolute Gasteiger partial charge is 0.408 e. The molecule has 0 fully saturated rings. The second kappa shape index (κ2) is 7.26. The molecule has 1 amide bonds. The fourth-order valence-electron chi connectivity index (χ4n) is 1.87. The number of nitrogens with one attached hydrogen (secondary N) is 1. The highest BCUT2D eigenvalue weighted by atomic mass is 16.6. The summed E-state index contributed by atoms with van der Waals surface area (Å²) in [5.74, 6) is -0.750. The SMILES string of the molecule is COC(=O)[C@@H](NC(=O)OC(C)(C)C)[C@@H](O)c1cccc(C)c1. The van der Waals surface area contributed by atoms with Gasteiger partial charge in [-0.2, -0.15) is 0 Å². The van der Waals surface area contributed by atoms with Gasteiger partial charge >= 0.3 is 12.1 Å². The molecule has 22 heavy (non-hydrogen) atoms. The fourth-order valence-corrected chi connectivity index (χ4v) is 1.87. The molecule has 0 aliphatic carbocycles. The van der Waals surface area contributed by atoms with Crippen molar-refractivity contribution in [2.45, 2.75) is 45.4 Å². The molecule has 6 nitrogen and oxygen atoms in total. The van der Waals surface area contributed by atoms with E-state index in [4.69, 9.17) is 4.74 Å². The Morgan fingerprint density at radius 3 is 2.41 bits per heavy atom. The van der Waals surface area contributed by atoms with Crippen molar-refractivity contribution < 1.29 is 24.2 Å². The normalized spacial score (nSPS) is 13.9. The van der Waals surface area contributed by atoms with Crippen LogP contribution in [0, 0.1) is 6.92 Å². The van der Waals surface area contributed by atoms with Crippen LogP contribution in [-0.2, 0) is 14.3 Å². The number of esters is 1. The van der Waals surface area contributed by atoms with Crippen molar-refractivity contribution in [1.29, 1.82) is 0 Å². The van der Waals surface area contributed by atoms with Crippen LogP contribution in [0.25, 0.3) is 0 Å². The van der Waals surface area contributed by atoms with E-state index in [2.05, 4.69) is 10.1 Å². The number of methoxy groups -OCH3 is 1. The zero-order chi connectivity index (χ0) is 16.9. The number of benzene rings is 1. The maximum Gasteiger partial charge on any atom is 0.408 e. The zero-order valence-electron chi connectivity index (χ0n) is 13.5. The Morgan fingerprint density at radius 1 is 1.27 bits per heavy atom. The predicted octanol–water partition coefficient (Wildman–Crippen LogP) is 2.09. The topological polar surface area (TPSA) is 84.9 Å². The lowest BCUT2D eigenvalue weighted by atomic mass is 10.0. The summed E-state index contributed by atoms with van der Waals surface area (Å²) in [5, 5.41) is 12.7. The lowest BCUT2D eigenvalue weighted by Crippen LogP contribution is -2.47. The second-order valence-corrected chi connectivity index (χ2v) is 6.01. The van der Waals surface area contributed by atoms with E-state index in [1.165, 1.54) is 7.11 Å². The van der Waals surface area contributed by atoms with Crippen molar-refractivity contribution in [3.05, 3.63) is 35.4 Å². The van der Waals surface area contributed by atoms with Gasteiger partial charge in [0.2, 0.25) is 0 Å².